The number of para-hydroxylation sites is 4. The lowest BCUT2D eigenvalue weighted by molar-refractivity contribution is 0.605. The van der Waals surface area contributed by atoms with Crippen LogP contribution in [0.3, 0.4) is 0 Å². The number of aromatic nitrogens is 4. The fourth-order valence-corrected chi connectivity index (χ4v) is 7.81. The number of anilines is 3. The molecule has 7 aromatic carbocycles. The highest BCUT2D eigenvalue weighted by Gasteiger charge is 2.22. The molecule has 238 valence electrons. The molecule has 11 rings (SSSR count). The summed E-state index contributed by atoms with van der Waals surface area (Å²) in [7, 11) is 0. The van der Waals surface area contributed by atoms with Crippen molar-refractivity contribution < 1.29 is 4.42 Å². The fourth-order valence-electron chi connectivity index (χ4n) is 7.81. The van der Waals surface area contributed by atoms with E-state index in [4.69, 9.17) is 14.4 Å². The van der Waals surface area contributed by atoms with Crippen LogP contribution >= 0.6 is 0 Å². The van der Waals surface area contributed by atoms with Crippen molar-refractivity contribution in [2.45, 2.75) is 0 Å². The highest BCUT2D eigenvalue weighted by molar-refractivity contribution is 6.30. The maximum atomic E-state index is 5.94. The predicted molar refractivity (Wildman–Crippen MR) is 207 cm³/mol. The van der Waals surface area contributed by atoms with Gasteiger partial charge >= 0.3 is 0 Å². The Morgan fingerprint density at radius 2 is 1.14 bits per heavy atom. The van der Waals surface area contributed by atoms with E-state index in [-0.39, 0.29) is 0 Å². The third-order valence-electron chi connectivity index (χ3n) is 10.0. The minimum atomic E-state index is 0.686. The monoisotopic (exact) mass is 653 g/mol. The summed E-state index contributed by atoms with van der Waals surface area (Å²) in [4.78, 5) is 17.2. The van der Waals surface area contributed by atoms with E-state index in [2.05, 4.69) is 154 Å². The van der Waals surface area contributed by atoms with Gasteiger partial charge in [0.1, 0.15) is 5.52 Å². The molecule has 0 aliphatic rings. The second-order valence-electron chi connectivity index (χ2n) is 12.9. The zero-order valence-corrected chi connectivity index (χ0v) is 27.2. The number of fused-ring (bicyclic) bond motifs is 9. The predicted octanol–water partition coefficient (Wildman–Crippen LogP) is 11.7. The van der Waals surface area contributed by atoms with Crippen LogP contribution in [0.4, 0.5) is 17.1 Å². The third kappa shape index (κ3) is 4.14. The molecule has 0 radical (unpaired) electrons. The Morgan fingerprint density at radius 1 is 0.490 bits per heavy atom. The Hall–Kier alpha value is -7.05. The van der Waals surface area contributed by atoms with Crippen molar-refractivity contribution in [1.29, 1.82) is 0 Å². The van der Waals surface area contributed by atoms with Gasteiger partial charge in [0.25, 0.3) is 0 Å². The first kappa shape index (κ1) is 27.9. The third-order valence-corrected chi connectivity index (χ3v) is 10.0. The van der Waals surface area contributed by atoms with Crippen molar-refractivity contribution in [1.82, 2.24) is 19.4 Å². The van der Waals surface area contributed by atoms with Gasteiger partial charge in [0.2, 0.25) is 0 Å². The maximum Gasteiger partial charge on any atom is 0.182 e. The Labute approximate surface area is 291 Å². The van der Waals surface area contributed by atoms with Crippen LogP contribution < -0.4 is 4.90 Å². The van der Waals surface area contributed by atoms with Crippen molar-refractivity contribution >= 4 is 77.2 Å². The average molecular weight is 654 g/mol. The SMILES string of the molecule is c1ccc(N(c2ccccc2)c2ccc(-c3nc(-c4ccc5c(c4)c4cc6ncoc6c6c7ccccc7n5c46)nc4ccccc34)cc2)cc1. The topological polar surface area (TPSA) is 59.5 Å². The molecule has 51 heavy (non-hydrogen) atoms. The molecule has 0 spiro atoms. The minimum absolute atomic E-state index is 0.686. The molecule has 11 aromatic rings. The van der Waals surface area contributed by atoms with Crippen LogP contribution in [0.5, 0.6) is 0 Å². The normalized spacial score (nSPS) is 11.9. The van der Waals surface area contributed by atoms with Gasteiger partial charge in [-0.3, -0.25) is 0 Å². The van der Waals surface area contributed by atoms with Crippen LogP contribution in [0, 0.1) is 0 Å². The molecular weight excluding hydrogens is 627 g/mol. The lowest BCUT2D eigenvalue weighted by Crippen LogP contribution is -2.09. The summed E-state index contributed by atoms with van der Waals surface area (Å²) in [6.07, 6.45) is 1.54. The van der Waals surface area contributed by atoms with Gasteiger partial charge in [-0.2, -0.15) is 0 Å². The smallest absolute Gasteiger partial charge is 0.182 e. The first-order valence-corrected chi connectivity index (χ1v) is 17.0. The van der Waals surface area contributed by atoms with Gasteiger partial charge < -0.3 is 13.7 Å². The molecule has 0 bridgehead atoms. The van der Waals surface area contributed by atoms with Crippen LogP contribution in [-0.4, -0.2) is 19.4 Å². The first-order valence-electron chi connectivity index (χ1n) is 17.0. The van der Waals surface area contributed by atoms with E-state index >= 15 is 0 Å². The van der Waals surface area contributed by atoms with E-state index in [0.29, 0.717) is 5.82 Å². The Balaban J connectivity index is 1.08. The molecule has 0 aliphatic carbocycles. The number of nitrogens with zero attached hydrogens (tertiary/aromatic N) is 5. The molecule has 4 aromatic heterocycles. The summed E-state index contributed by atoms with van der Waals surface area (Å²) in [6, 6.07) is 55.1. The minimum Gasteiger partial charge on any atom is -0.443 e. The Morgan fingerprint density at radius 3 is 1.92 bits per heavy atom. The first-order chi connectivity index (χ1) is 25.3. The summed E-state index contributed by atoms with van der Waals surface area (Å²) in [5.41, 5.74) is 12.2. The molecule has 0 aliphatic heterocycles. The van der Waals surface area contributed by atoms with E-state index < -0.39 is 0 Å². The largest absolute Gasteiger partial charge is 0.443 e. The Kier molecular flexibility index (Phi) is 5.86. The van der Waals surface area contributed by atoms with Gasteiger partial charge in [0.05, 0.1) is 33.1 Å². The quantitative estimate of drug-likeness (QED) is 0.185. The van der Waals surface area contributed by atoms with Crippen LogP contribution in [0.2, 0.25) is 0 Å². The van der Waals surface area contributed by atoms with Gasteiger partial charge in [0.15, 0.2) is 17.8 Å². The van der Waals surface area contributed by atoms with Gasteiger partial charge in [0, 0.05) is 49.7 Å². The van der Waals surface area contributed by atoms with Crippen molar-refractivity contribution in [3.63, 3.8) is 0 Å². The molecular formula is C45H27N5O. The molecule has 0 atom stereocenters. The highest BCUT2D eigenvalue weighted by Crippen LogP contribution is 2.44. The molecule has 0 saturated carbocycles. The maximum absolute atomic E-state index is 5.94. The standard InChI is InChI=1S/C45H27N5O/c1-3-11-30(12-4-1)49(31-13-5-2-6-14-31)32-22-19-28(20-23-32)42-33-15-7-9-17-37(33)47-45(48-42)29-21-24-40-35(25-29)36-26-38-44(51-27-46-38)41-34-16-8-10-18-39(34)50(40)43(36)41/h1-27H. The number of rotatable bonds is 5. The van der Waals surface area contributed by atoms with E-state index in [1.807, 2.05) is 18.2 Å². The fraction of sp³-hybridized carbons (Fsp3) is 0. The molecule has 0 amide bonds. The van der Waals surface area contributed by atoms with E-state index in [1.54, 1.807) is 0 Å². The zero-order chi connectivity index (χ0) is 33.5. The summed E-state index contributed by atoms with van der Waals surface area (Å²) in [5, 5.41) is 5.54. The van der Waals surface area contributed by atoms with Gasteiger partial charge in [-0.05, 0) is 72.8 Å². The summed E-state index contributed by atoms with van der Waals surface area (Å²) in [5.74, 6) is 0.686. The van der Waals surface area contributed by atoms with Gasteiger partial charge in [-0.15, -0.1) is 0 Å². The van der Waals surface area contributed by atoms with Crippen LogP contribution in [-0.2, 0) is 0 Å². The lowest BCUT2D eigenvalue weighted by Gasteiger charge is -2.25. The highest BCUT2D eigenvalue weighted by atomic mass is 16.3. The summed E-state index contributed by atoms with van der Waals surface area (Å²) >= 11 is 0. The van der Waals surface area contributed by atoms with Crippen molar-refractivity contribution in [2.75, 3.05) is 4.90 Å². The Bertz CT molecular complexity index is 3040. The van der Waals surface area contributed by atoms with E-state index in [0.717, 1.165) is 94.0 Å². The number of hydrogen-bond donors (Lipinski definition) is 0. The van der Waals surface area contributed by atoms with Crippen LogP contribution in [0.15, 0.2) is 169 Å². The summed E-state index contributed by atoms with van der Waals surface area (Å²) < 4.78 is 8.29. The molecule has 6 heteroatoms. The molecule has 6 nitrogen and oxygen atoms in total. The van der Waals surface area contributed by atoms with E-state index in [1.165, 1.54) is 6.39 Å². The number of oxazole rings is 1. The molecule has 0 saturated heterocycles. The molecule has 0 unspecified atom stereocenters. The van der Waals surface area contributed by atoms with Gasteiger partial charge in [-0.25, -0.2) is 15.0 Å². The second kappa shape index (κ2) is 10.7. The number of benzene rings is 7. The molecule has 0 fully saturated rings. The number of hydrogen-bond acceptors (Lipinski definition) is 5. The zero-order valence-electron chi connectivity index (χ0n) is 27.2. The van der Waals surface area contributed by atoms with Crippen molar-refractivity contribution in [3.8, 4) is 22.6 Å². The molecule has 0 N–H and O–H groups in total. The van der Waals surface area contributed by atoms with Crippen molar-refractivity contribution in [3.05, 3.63) is 164 Å². The second-order valence-corrected chi connectivity index (χ2v) is 12.9. The van der Waals surface area contributed by atoms with Crippen LogP contribution in [0.25, 0.3) is 82.7 Å². The van der Waals surface area contributed by atoms with E-state index in [9.17, 15) is 0 Å². The van der Waals surface area contributed by atoms with Crippen LogP contribution in [0.1, 0.15) is 0 Å². The lowest BCUT2D eigenvalue weighted by atomic mass is 10.0. The summed E-state index contributed by atoms with van der Waals surface area (Å²) in [6.45, 7) is 0. The van der Waals surface area contributed by atoms with Gasteiger partial charge in [-0.1, -0.05) is 84.9 Å². The average Bonchev–Trinajstić information content (AvgIpc) is 3.90. The van der Waals surface area contributed by atoms with Crippen molar-refractivity contribution in [2.24, 2.45) is 0 Å². The molecule has 4 heterocycles.